The second-order valence-electron chi connectivity index (χ2n) is 5.56. The molecule has 0 N–H and O–H groups in total. The Balaban J connectivity index is 2.63. The van der Waals surface area contributed by atoms with E-state index in [0.717, 1.165) is 12.8 Å². The molecular formula is C13H23NO3. The highest BCUT2D eigenvalue weighted by atomic mass is 16.6. The van der Waals surface area contributed by atoms with Crippen LogP contribution in [-0.4, -0.2) is 35.0 Å². The molecular weight excluding hydrogens is 218 g/mol. The standard InChI is InChI=1S/C13H23NO3/c1-5-14(12(16)17-13(2,3)4)10-7-6-8-11(15)9-10/h10H,5-9H2,1-4H3. The largest absolute Gasteiger partial charge is 0.444 e. The van der Waals surface area contributed by atoms with Gasteiger partial charge in [0.25, 0.3) is 0 Å². The third-order valence-corrected chi connectivity index (χ3v) is 2.87. The first-order valence-corrected chi connectivity index (χ1v) is 6.35. The van der Waals surface area contributed by atoms with Gasteiger partial charge in [-0.25, -0.2) is 4.79 Å². The smallest absolute Gasteiger partial charge is 0.410 e. The van der Waals surface area contributed by atoms with Gasteiger partial charge in [0.05, 0.1) is 0 Å². The van der Waals surface area contributed by atoms with Gasteiger partial charge in [-0.1, -0.05) is 0 Å². The molecule has 1 amide bonds. The van der Waals surface area contributed by atoms with Crippen molar-refractivity contribution < 1.29 is 14.3 Å². The molecule has 4 nitrogen and oxygen atoms in total. The summed E-state index contributed by atoms with van der Waals surface area (Å²) in [7, 11) is 0. The molecule has 0 aliphatic heterocycles. The van der Waals surface area contributed by atoms with Gasteiger partial charge in [0.15, 0.2) is 0 Å². The van der Waals surface area contributed by atoms with Crippen molar-refractivity contribution in [2.45, 2.75) is 65.0 Å². The Kier molecular flexibility index (Phi) is 4.54. The lowest BCUT2D eigenvalue weighted by Crippen LogP contribution is -2.45. The molecule has 0 aromatic rings. The molecule has 1 atom stereocenters. The molecule has 98 valence electrons. The SMILES string of the molecule is CCN(C(=O)OC(C)(C)C)C1CCCC(=O)C1. The van der Waals surface area contributed by atoms with Gasteiger partial charge in [0, 0.05) is 25.4 Å². The summed E-state index contributed by atoms with van der Waals surface area (Å²) in [6, 6.07) is 0.0242. The van der Waals surface area contributed by atoms with Crippen molar-refractivity contribution in [3.63, 3.8) is 0 Å². The molecule has 17 heavy (non-hydrogen) atoms. The normalized spacial score (nSPS) is 21.2. The Morgan fingerprint density at radius 2 is 2.12 bits per heavy atom. The lowest BCUT2D eigenvalue weighted by Gasteiger charge is -2.34. The predicted molar refractivity (Wildman–Crippen MR) is 65.9 cm³/mol. The molecule has 0 radical (unpaired) electrons. The number of nitrogens with zero attached hydrogens (tertiary/aromatic N) is 1. The third kappa shape index (κ3) is 4.36. The first kappa shape index (κ1) is 14.0. The number of carbonyl (C=O) groups excluding carboxylic acids is 2. The fourth-order valence-electron chi connectivity index (χ4n) is 2.12. The predicted octanol–water partition coefficient (Wildman–Crippen LogP) is 2.76. The van der Waals surface area contributed by atoms with Gasteiger partial charge < -0.3 is 9.64 Å². The van der Waals surface area contributed by atoms with E-state index < -0.39 is 5.60 Å². The molecule has 1 fully saturated rings. The van der Waals surface area contributed by atoms with Crippen molar-refractivity contribution >= 4 is 11.9 Å². The number of hydrogen-bond donors (Lipinski definition) is 0. The Bertz CT molecular complexity index is 294. The maximum atomic E-state index is 12.0. The molecule has 0 spiro atoms. The van der Waals surface area contributed by atoms with Crippen molar-refractivity contribution in [3.8, 4) is 0 Å². The van der Waals surface area contributed by atoms with Crippen LogP contribution in [0.25, 0.3) is 0 Å². The molecule has 0 aromatic heterocycles. The van der Waals surface area contributed by atoms with Gasteiger partial charge in [-0.05, 0) is 40.5 Å². The Morgan fingerprint density at radius 3 is 2.59 bits per heavy atom. The van der Waals surface area contributed by atoms with Crippen LogP contribution in [0.4, 0.5) is 4.79 Å². The number of hydrogen-bond acceptors (Lipinski definition) is 3. The van der Waals surface area contributed by atoms with Crippen LogP contribution in [-0.2, 0) is 9.53 Å². The molecule has 1 aliphatic carbocycles. The number of amides is 1. The minimum Gasteiger partial charge on any atom is -0.444 e. The first-order valence-electron chi connectivity index (χ1n) is 6.35. The van der Waals surface area contributed by atoms with Crippen LogP contribution in [0.5, 0.6) is 0 Å². The van der Waals surface area contributed by atoms with E-state index in [1.165, 1.54) is 0 Å². The zero-order valence-corrected chi connectivity index (χ0v) is 11.3. The monoisotopic (exact) mass is 241 g/mol. The van der Waals surface area contributed by atoms with E-state index >= 15 is 0 Å². The van der Waals surface area contributed by atoms with Gasteiger partial charge >= 0.3 is 6.09 Å². The minimum absolute atomic E-state index is 0.0242. The fraction of sp³-hybridized carbons (Fsp3) is 0.846. The average molecular weight is 241 g/mol. The molecule has 1 rings (SSSR count). The Morgan fingerprint density at radius 1 is 1.47 bits per heavy atom. The summed E-state index contributed by atoms with van der Waals surface area (Å²) < 4.78 is 5.35. The summed E-state index contributed by atoms with van der Waals surface area (Å²) in [4.78, 5) is 25.1. The van der Waals surface area contributed by atoms with E-state index in [1.807, 2.05) is 27.7 Å². The molecule has 0 aromatic carbocycles. The summed E-state index contributed by atoms with van der Waals surface area (Å²) in [5.74, 6) is 0.253. The Labute approximate surface area is 103 Å². The molecule has 0 saturated heterocycles. The van der Waals surface area contributed by atoms with E-state index in [2.05, 4.69) is 0 Å². The zero-order valence-electron chi connectivity index (χ0n) is 11.3. The van der Waals surface area contributed by atoms with Crippen LogP contribution in [0, 0.1) is 0 Å². The lowest BCUT2D eigenvalue weighted by molar-refractivity contribution is -0.121. The van der Waals surface area contributed by atoms with Crippen LogP contribution >= 0.6 is 0 Å². The van der Waals surface area contributed by atoms with E-state index in [1.54, 1.807) is 4.90 Å². The van der Waals surface area contributed by atoms with Gasteiger partial charge in [0.1, 0.15) is 11.4 Å². The second-order valence-corrected chi connectivity index (χ2v) is 5.56. The quantitative estimate of drug-likeness (QED) is 0.746. The molecule has 1 aliphatic rings. The average Bonchev–Trinajstić information content (AvgIpc) is 2.15. The van der Waals surface area contributed by atoms with Crippen LogP contribution in [0.1, 0.15) is 53.4 Å². The zero-order chi connectivity index (χ0) is 13.1. The summed E-state index contributed by atoms with van der Waals surface area (Å²) in [5, 5.41) is 0. The van der Waals surface area contributed by atoms with Crippen LogP contribution < -0.4 is 0 Å². The van der Waals surface area contributed by atoms with E-state index in [4.69, 9.17) is 4.74 Å². The van der Waals surface area contributed by atoms with Gasteiger partial charge in [-0.2, -0.15) is 0 Å². The molecule has 4 heteroatoms. The number of Topliss-reactive ketones (excluding diaryl/α,β-unsaturated/α-hetero) is 1. The van der Waals surface area contributed by atoms with Crippen molar-refractivity contribution in [2.75, 3.05) is 6.54 Å². The highest BCUT2D eigenvalue weighted by molar-refractivity contribution is 5.80. The van der Waals surface area contributed by atoms with Crippen LogP contribution in [0.15, 0.2) is 0 Å². The van der Waals surface area contributed by atoms with Crippen molar-refractivity contribution in [1.82, 2.24) is 4.90 Å². The number of ketones is 1. The number of ether oxygens (including phenoxy) is 1. The first-order chi connectivity index (χ1) is 7.83. The second kappa shape index (κ2) is 5.52. The van der Waals surface area contributed by atoms with E-state index in [-0.39, 0.29) is 17.9 Å². The van der Waals surface area contributed by atoms with Crippen LogP contribution in [0.2, 0.25) is 0 Å². The molecule has 0 bridgehead atoms. The maximum Gasteiger partial charge on any atom is 0.410 e. The van der Waals surface area contributed by atoms with E-state index in [9.17, 15) is 9.59 Å². The van der Waals surface area contributed by atoms with Crippen molar-refractivity contribution in [3.05, 3.63) is 0 Å². The van der Waals surface area contributed by atoms with E-state index in [0.29, 0.717) is 19.4 Å². The summed E-state index contributed by atoms with van der Waals surface area (Å²) in [6.07, 6.45) is 2.61. The molecule has 0 heterocycles. The minimum atomic E-state index is -0.483. The summed E-state index contributed by atoms with van der Waals surface area (Å²) in [5.41, 5.74) is -0.483. The number of rotatable bonds is 2. The van der Waals surface area contributed by atoms with Gasteiger partial charge in [-0.15, -0.1) is 0 Å². The highest BCUT2D eigenvalue weighted by Crippen LogP contribution is 2.22. The summed E-state index contributed by atoms with van der Waals surface area (Å²) >= 11 is 0. The highest BCUT2D eigenvalue weighted by Gasteiger charge is 2.30. The van der Waals surface area contributed by atoms with Crippen molar-refractivity contribution in [1.29, 1.82) is 0 Å². The molecule has 1 unspecified atom stereocenters. The number of carbonyl (C=O) groups is 2. The summed E-state index contributed by atoms with van der Waals surface area (Å²) in [6.45, 7) is 8.07. The molecule has 1 saturated carbocycles. The van der Waals surface area contributed by atoms with Crippen molar-refractivity contribution in [2.24, 2.45) is 0 Å². The Hall–Kier alpha value is -1.06. The van der Waals surface area contributed by atoms with Gasteiger partial charge in [0.2, 0.25) is 0 Å². The fourth-order valence-corrected chi connectivity index (χ4v) is 2.12. The lowest BCUT2D eigenvalue weighted by atomic mass is 9.93. The maximum absolute atomic E-state index is 12.0. The third-order valence-electron chi connectivity index (χ3n) is 2.87. The van der Waals surface area contributed by atoms with Crippen LogP contribution in [0.3, 0.4) is 0 Å². The van der Waals surface area contributed by atoms with Gasteiger partial charge in [-0.3, -0.25) is 4.79 Å². The topological polar surface area (TPSA) is 46.6 Å².